The van der Waals surface area contributed by atoms with Crippen LogP contribution in [0.15, 0.2) is 48.5 Å². The van der Waals surface area contributed by atoms with Gasteiger partial charge in [0.25, 0.3) is 0 Å². The Bertz CT molecular complexity index is 718. The van der Waals surface area contributed by atoms with Crippen LogP contribution in [0, 0.1) is 0 Å². The molecule has 0 saturated carbocycles. The van der Waals surface area contributed by atoms with Crippen molar-refractivity contribution >= 4 is 12.4 Å². The van der Waals surface area contributed by atoms with Gasteiger partial charge in [-0.25, -0.2) is 0 Å². The number of aryl methyl sites for hydroxylation is 2. The lowest BCUT2D eigenvalue weighted by Crippen LogP contribution is -2.44. The summed E-state index contributed by atoms with van der Waals surface area (Å²) in [6, 6.07) is 16.8. The summed E-state index contributed by atoms with van der Waals surface area (Å²) in [6.07, 6.45) is 4.28. The number of hydrogen-bond donors (Lipinski definition) is 0. The average Bonchev–Trinajstić information content (AvgIpc) is 2.74. The monoisotopic (exact) mass is 418 g/mol. The van der Waals surface area contributed by atoms with Crippen LogP contribution in [-0.4, -0.2) is 63.3 Å². The average molecular weight is 419 g/mol. The second-order valence-corrected chi connectivity index (χ2v) is 7.66. The molecule has 0 amide bonds. The van der Waals surface area contributed by atoms with Gasteiger partial charge in [-0.05, 0) is 68.6 Å². The molecular formula is C24H35ClN2O2. The minimum Gasteiger partial charge on any atom is -0.497 e. The standard InChI is InChI=1S/C24H34N2O2.ClH/c1-25-15-17-26(18-16-25)14-5-6-19-28-24-11-4-3-9-22(24)13-12-21-8-7-10-23(20-21)27-2;/h3-4,7-11,20H,5-6,12-19H2,1-2H3;1H. The van der Waals surface area contributed by atoms with Gasteiger partial charge in [0, 0.05) is 26.2 Å². The van der Waals surface area contributed by atoms with Crippen LogP contribution in [0.5, 0.6) is 11.5 Å². The molecule has 0 spiro atoms. The van der Waals surface area contributed by atoms with E-state index in [1.54, 1.807) is 7.11 Å². The third-order valence-electron chi connectivity index (χ3n) is 5.51. The number of likely N-dealkylation sites (N-methyl/N-ethyl adjacent to an activating group) is 1. The predicted molar refractivity (Wildman–Crippen MR) is 123 cm³/mol. The summed E-state index contributed by atoms with van der Waals surface area (Å²) in [5.41, 5.74) is 2.57. The minimum absolute atomic E-state index is 0. The van der Waals surface area contributed by atoms with Crippen molar-refractivity contribution in [3.63, 3.8) is 0 Å². The van der Waals surface area contributed by atoms with Gasteiger partial charge in [0.15, 0.2) is 0 Å². The number of unbranched alkanes of at least 4 members (excludes halogenated alkanes) is 1. The molecule has 2 aromatic rings. The topological polar surface area (TPSA) is 24.9 Å². The zero-order valence-electron chi connectivity index (χ0n) is 17.8. The van der Waals surface area contributed by atoms with Gasteiger partial charge in [0.05, 0.1) is 13.7 Å². The van der Waals surface area contributed by atoms with Crippen LogP contribution < -0.4 is 9.47 Å². The van der Waals surface area contributed by atoms with E-state index in [0.29, 0.717) is 0 Å². The number of nitrogens with zero attached hydrogens (tertiary/aromatic N) is 2. The molecule has 5 heteroatoms. The molecular weight excluding hydrogens is 384 g/mol. The Kier molecular flexibility index (Phi) is 10.3. The number of halogens is 1. The molecule has 3 rings (SSSR count). The highest BCUT2D eigenvalue weighted by molar-refractivity contribution is 5.85. The molecule has 1 fully saturated rings. The molecule has 0 radical (unpaired) electrons. The van der Waals surface area contributed by atoms with E-state index in [1.807, 2.05) is 6.07 Å². The number of ether oxygens (including phenoxy) is 2. The predicted octanol–water partition coefficient (Wildman–Crippen LogP) is 4.31. The Labute approximate surface area is 182 Å². The minimum atomic E-state index is 0. The SMILES string of the molecule is COc1cccc(CCc2ccccc2OCCCCN2CCN(C)CC2)c1.Cl. The largest absolute Gasteiger partial charge is 0.497 e. The number of hydrogen-bond acceptors (Lipinski definition) is 4. The first kappa shape index (κ1) is 23.5. The normalized spacial score (nSPS) is 15.0. The summed E-state index contributed by atoms with van der Waals surface area (Å²) >= 11 is 0. The smallest absolute Gasteiger partial charge is 0.122 e. The third-order valence-corrected chi connectivity index (χ3v) is 5.51. The third kappa shape index (κ3) is 7.88. The summed E-state index contributed by atoms with van der Waals surface area (Å²) in [6.45, 7) is 6.77. The molecule has 0 unspecified atom stereocenters. The number of rotatable bonds is 10. The quantitative estimate of drug-likeness (QED) is 0.537. The van der Waals surface area contributed by atoms with Crippen LogP contribution >= 0.6 is 12.4 Å². The maximum Gasteiger partial charge on any atom is 0.122 e. The molecule has 0 aliphatic carbocycles. The maximum atomic E-state index is 6.13. The van der Waals surface area contributed by atoms with Crippen molar-refractivity contribution in [2.75, 3.05) is 53.5 Å². The highest BCUT2D eigenvalue weighted by Gasteiger charge is 2.12. The van der Waals surface area contributed by atoms with Gasteiger partial charge >= 0.3 is 0 Å². The van der Waals surface area contributed by atoms with E-state index in [1.165, 1.54) is 50.3 Å². The second-order valence-electron chi connectivity index (χ2n) is 7.66. The lowest BCUT2D eigenvalue weighted by molar-refractivity contribution is 0.150. The van der Waals surface area contributed by atoms with Gasteiger partial charge in [-0.15, -0.1) is 12.4 Å². The second kappa shape index (κ2) is 12.7. The molecule has 4 nitrogen and oxygen atoms in total. The van der Waals surface area contributed by atoms with Crippen molar-refractivity contribution in [2.45, 2.75) is 25.7 Å². The Morgan fingerprint density at radius 1 is 0.897 bits per heavy atom. The summed E-state index contributed by atoms with van der Waals surface area (Å²) in [4.78, 5) is 4.98. The van der Waals surface area contributed by atoms with Crippen LogP contribution in [0.4, 0.5) is 0 Å². The van der Waals surface area contributed by atoms with Gasteiger partial charge in [-0.3, -0.25) is 0 Å². The van der Waals surface area contributed by atoms with Gasteiger partial charge < -0.3 is 19.3 Å². The van der Waals surface area contributed by atoms with Crippen LogP contribution in [-0.2, 0) is 12.8 Å². The highest BCUT2D eigenvalue weighted by atomic mass is 35.5. The number of methoxy groups -OCH3 is 1. The molecule has 160 valence electrons. The maximum absolute atomic E-state index is 6.13. The van der Waals surface area contributed by atoms with Crippen molar-refractivity contribution in [2.24, 2.45) is 0 Å². The van der Waals surface area contributed by atoms with Crippen molar-refractivity contribution in [1.82, 2.24) is 9.80 Å². The first-order valence-corrected chi connectivity index (χ1v) is 10.5. The molecule has 0 bridgehead atoms. The van der Waals surface area contributed by atoms with E-state index in [2.05, 4.69) is 59.3 Å². The first-order chi connectivity index (χ1) is 13.7. The molecule has 0 N–H and O–H groups in total. The van der Waals surface area contributed by atoms with Crippen LogP contribution in [0.1, 0.15) is 24.0 Å². The van der Waals surface area contributed by atoms with Gasteiger partial charge in [-0.1, -0.05) is 30.3 Å². The van der Waals surface area contributed by atoms with E-state index in [0.717, 1.165) is 37.4 Å². The van der Waals surface area contributed by atoms with Crippen molar-refractivity contribution < 1.29 is 9.47 Å². The first-order valence-electron chi connectivity index (χ1n) is 10.5. The van der Waals surface area contributed by atoms with Crippen molar-refractivity contribution in [3.8, 4) is 11.5 Å². The molecule has 2 aromatic carbocycles. The molecule has 1 heterocycles. The molecule has 1 aliphatic heterocycles. The van der Waals surface area contributed by atoms with Gasteiger partial charge in [0.1, 0.15) is 11.5 Å². The highest BCUT2D eigenvalue weighted by Crippen LogP contribution is 2.21. The molecule has 0 aromatic heterocycles. The number of benzene rings is 2. The van der Waals surface area contributed by atoms with E-state index < -0.39 is 0 Å². The fourth-order valence-corrected chi connectivity index (χ4v) is 3.65. The summed E-state index contributed by atoms with van der Waals surface area (Å²) in [7, 11) is 3.92. The number of piperazine rings is 1. The van der Waals surface area contributed by atoms with Crippen LogP contribution in [0.2, 0.25) is 0 Å². The van der Waals surface area contributed by atoms with E-state index in [9.17, 15) is 0 Å². The van der Waals surface area contributed by atoms with E-state index in [-0.39, 0.29) is 12.4 Å². The van der Waals surface area contributed by atoms with Gasteiger partial charge in [-0.2, -0.15) is 0 Å². The van der Waals surface area contributed by atoms with Gasteiger partial charge in [0.2, 0.25) is 0 Å². The summed E-state index contributed by atoms with van der Waals surface area (Å²) in [5.74, 6) is 1.95. The Balaban J connectivity index is 0.00000300. The summed E-state index contributed by atoms with van der Waals surface area (Å²) < 4.78 is 11.5. The van der Waals surface area contributed by atoms with Crippen molar-refractivity contribution in [3.05, 3.63) is 59.7 Å². The number of para-hydroxylation sites is 1. The van der Waals surface area contributed by atoms with E-state index in [4.69, 9.17) is 9.47 Å². The lowest BCUT2D eigenvalue weighted by atomic mass is 10.0. The Morgan fingerprint density at radius 2 is 1.69 bits per heavy atom. The Morgan fingerprint density at radius 3 is 2.48 bits per heavy atom. The Hall–Kier alpha value is -1.75. The van der Waals surface area contributed by atoms with E-state index >= 15 is 0 Å². The zero-order chi connectivity index (χ0) is 19.6. The van der Waals surface area contributed by atoms with Crippen LogP contribution in [0.3, 0.4) is 0 Å². The van der Waals surface area contributed by atoms with Crippen molar-refractivity contribution in [1.29, 1.82) is 0 Å². The molecule has 1 aliphatic rings. The fourth-order valence-electron chi connectivity index (χ4n) is 3.65. The summed E-state index contributed by atoms with van der Waals surface area (Å²) in [5, 5.41) is 0. The molecule has 0 atom stereocenters. The molecule has 29 heavy (non-hydrogen) atoms. The van der Waals surface area contributed by atoms with Crippen LogP contribution in [0.25, 0.3) is 0 Å². The molecule has 1 saturated heterocycles. The lowest BCUT2D eigenvalue weighted by Gasteiger charge is -2.32. The fraction of sp³-hybridized carbons (Fsp3) is 0.500. The zero-order valence-corrected chi connectivity index (χ0v) is 18.6.